The van der Waals surface area contributed by atoms with Crippen LogP contribution >= 0.6 is 0 Å². The molecule has 2 rings (SSSR count). The lowest BCUT2D eigenvalue weighted by molar-refractivity contribution is 0.263. The van der Waals surface area contributed by atoms with Crippen molar-refractivity contribution in [3.05, 3.63) is 29.6 Å². The molecule has 20 heavy (non-hydrogen) atoms. The molecule has 0 bridgehead atoms. The summed E-state index contributed by atoms with van der Waals surface area (Å²) in [7, 11) is -1.72. The van der Waals surface area contributed by atoms with Crippen LogP contribution in [0.25, 0.3) is 0 Å². The van der Waals surface area contributed by atoms with E-state index in [1.54, 1.807) is 6.92 Å². The Morgan fingerprint density at radius 1 is 1.45 bits per heavy atom. The molecule has 112 valence electrons. The number of sulfonamides is 1. The molecule has 0 aromatic heterocycles. The average Bonchev–Trinajstić information content (AvgIpc) is 2.42. The molecule has 1 aliphatic rings. The summed E-state index contributed by atoms with van der Waals surface area (Å²) in [4.78, 5) is 0.0470. The minimum Gasteiger partial charge on any atom is -0.319 e. The Labute approximate surface area is 120 Å². The van der Waals surface area contributed by atoms with Crippen LogP contribution in [0.15, 0.2) is 23.1 Å². The van der Waals surface area contributed by atoms with Gasteiger partial charge in [-0.05, 0) is 57.0 Å². The topological polar surface area (TPSA) is 49.4 Å². The first-order valence-electron chi connectivity index (χ1n) is 6.86. The van der Waals surface area contributed by atoms with Crippen molar-refractivity contribution < 1.29 is 12.8 Å². The summed E-state index contributed by atoms with van der Waals surface area (Å²) < 4.78 is 40.1. The van der Waals surface area contributed by atoms with Crippen LogP contribution in [-0.4, -0.2) is 39.4 Å². The van der Waals surface area contributed by atoms with E-state index in [0.717, 1.165) is 25.5 Å². The van der Waals surface area contributed by atoms with Gasteiger partial charge in [0.1, 0.15) is 5.82 Å². The molecule has 0 radical (unpaired) electrons. The number of aryl methyl sites for hydroxylation is 1. The highest BCUT2D eigenvalue weighted by Crippen LogP contribution is 2.24. The predicted octanol–water partition coefficient (Wildman–Crippen LogP) is 1.75. The van der Waals surface area contributed by atoms with Gasteiger partial charge in [-0.15, -0.1) is 0 Å². The molecule has 1 aromatic carbocycles. The van der Waals surface area contributed by atoms with Crippen LogP contribution in [0.2, 0.25) is 0 Å². The molecule has 1 atom stereocenters. The third-order valence-corrected chi connectivity index (χ3v) is 5.62. The van der Waals surface area contributed by atoms with Gasteiger partial charge in [0.2, 0.25) is 10.0 Å². The number of nitrogens with zero attached hydrogens (tertiary/aromatic N) is 1. The highest BCUT2D eigenvalue weighted by molar-refractivity contribution is 7.89. The van der Waals surface area contributed by atoms with Gasteiger partial charge in [-0.25, -0.2) is 12.8 Å². The first-order valence-corrected chi connectivity index (χ1v) is 8.30. The molecular weight excluding hydrogens is 279 g/mol. The summed E-state index contributed by atoms with van der Waals surface area (Å²) in [6.45, 7) is 3.43. The Morgan fingerprint density at radius 2 is 2.20 bits per heavy atom. The summed E-state index contributed by atoms with van der Waals surface area (Å²) in [5, 5.41) is 3.08. The fraction of sp³-hybridized carbons (Fsp3) is 0.571. The molecule has 1 fully saturated rings. The maximum atomic E-state index is 13.6. The van der Waals surface area contributed by atoms with Crippen molar-refractivity contribution in [2.75, 3.05) is 26.7 Å². The van der Waals surface area contributed by atoms with E-state index in [1.165, 1.54) is 16.4 Å². The van der Waals surface area contributed by atoms with Gasteiger partial charge in [0.15, 0.2) is 0 Å². The summed E-state index contributed by atoms with van der Waals surface area (Å²) >= 11 is 0. The molecule has 6 heteroatoms. The molecule has 1 aromatic rings. The van der Waals surface area contributed by atoms with E-state index < -0.39 is 15.8 Å². The van der Waals surface area contributed by atoms with Crippen LogP contribution in [-0.2, 0) is 10.0 Å². The zero-order valence-electron chi connectivity index (χ0n) is 11.9. The zero-order chi connectivity index (χ0) is 14.8. The summed E-state index contributed by atoms with van der Waals surface area (Å²) in [5.74, 6) is -0.159. The van der Waals surface area contributed by atoms with Gasteiger partial charge in [-0.1, -0.05) is 6.07 Å². The van der Waals surface area contributed by atoms with E-state index >= 15 is 0 Å². The molecule has 0 spiro atoms. The molecule has 0 amide bonds. The van der Waals surface area contributed by atoms with E-state index in [0.29, 0.717) is 24.6 Å². The molecule has 1 N–H and O–H groups in total. The Morgan fingerprint density at radius 3 is 2.85 bits per heavy atom. The normalized spacial score (nSPS) is 21.1. The van der Waals surface area contributed by atoms with E-state index in [4.69, 9.17) is 0 Å². The van der Waals surface area contributed by atoms with E-state index in [1.807, 2.05) is 7.05 Å². The Hall–Kier alpha value is -0.980. The highest BCUT2D eigenvalue weighted by atomic mass is 32.2. The third kappa shape index (κ3) is 3.19. The van der Waals surface area contributed by atoms with Crippen molar-refractivity contribution in [2.45, 2.75) is 24.7 Å². The Balaban J connectivity index is 2.23. The predicted molar refractivity (Wildman–Crippen MR) is 76.5 cm³/mol. The number of hydrogen-bond donors (Lipinski definition) is 1. The van der Waals surface area contributed by atoms with Gasteiger partial charge in [-0.3, -0.25) is 0 Å². The van der Waals surface area contributed by atoms with E-state index in [2.05, 4.69) is 5.32 Å². The lowest BCUT2D eigenvalue weighted by Crippen LogP contribution is -2.42. The standard InChI is InChI=1S/C14H21FN2O2S/c1-11-5-6-13(8-14(11)15)20(18,19)17-7-3-4-12(10-17)9-16-2/h5-6,8,12,16H,3-4,7,9-10H2,1-2H3. The molecular formula is C14H21FN2O2S. The van der Waals surface area contributed by atoms with Crippen molar-refractivity contribution in [3.8, 4) is 0 Å². The van der Waals surface area contributed by atoms with Crippen molar-refractivity contribution in [3.63, 3.8) is 0 Å². The molecule has 1 heterocycles. The molecule has 4 nitrogen and oxygen atoms in total. The van der Waals surface area contributed by atoms with Gasteiger partial charge < -0.3 is 5.32 Å². The second-order valence-corrected chi connectivity index (χ2v) is 7.28. The number of hydrogen-bond acceptors (Lipinski definition) is 3. The average molecular weight is 300 g/mol. The summed E-state index contributed by atoms with van der Waals surface area (Å²) in [5.41, 5.74) is 0.454. The largest absolute Gasteiger partial charge is 0.319 e. The van der Waals surface area contributed by atoms with Crippen LogP contribution in [0.1, 0.15) is 18.4 Å². The van der Waals surface area contributed by atoms with Crippen LogP contribution < -0.4 is 5.32 Å². The van der Waals surface area contributed by atoms with Crippen LogP contribution in [0.5, 0.6) is 0 Å². The summed E-state index contributed by atoms with van der Waals surface area (Å²) in [6, 6.07) is 4.11. The first-order chi connectivity index (χ1) is 9.45. The van der Waals surface area contributed by atoms with Crippen molar-refractivity contribution in [2.24, 2.45) is 5.92 Å². The molecule has 1 aliphatic heterocycles. The van der Waals surface area contributed by atoms with Crippen LogP contribution in [0, 0.1) is 18.7 Å². The third-order valence-electron chi connectivity index (χ3n) is 3.76. The SMILES string of the molecule is CNCC1CCCN(S(=O)(=O)c2ccc(C)c(F)c2)C1. The lowest BCUT2D eigenvalue weighted by Gasteiger charge is -2.31. The van der Waals surface area contributed by atoms with Crippen LogP contribution in [0.3, 0.4) is 0 Å². The number of piperidine rings is 1. The number of nitrogens with one attached hydrogen (secondary N) is 1. The van der Waals surface area contributed by atoms with Gasteiger partial charge in [-0.2, -0.15) is 4.31 Å². The minimum absolute atomic E-state index is 0.0470. The fourth-order valence-corrected chi connectivity index (χ4v) is 4.15. The quantitative estimate of drug-likeness (QED) is 0.922. The number of halogens is 1. The highest BCUT2D eigenvalue weighted by Gasteiger charge is 2.30. The van der Waals surface area contributed by atoms with Crippen molar-refractivity contribution >= 4 is 10.0 Å². The second kappa shape index (κ2) is 6.20. The molecule has 0 aliphatic carbocycles. The van der Waals surface area contributed by atoms with E-state index in [9.17, 15) is 12.8 Å². The monoisotopic (exact) mass is 300 g/mol. The minimum atomic E-state index is -3.59. The summed E-state index contributed by atoms with van der Waals surface area (Å²) in [6.07, 6.45) is 1.87. The van der Waals surface area contributed by atoms with Gasteiger partial charge >= 0.3 is 0 Å². The number of rotatable bonds is 4. The van der Waals surface area contributed by atoms with Gasteiger partial charge in [0.25, 0.3) is 0 Å². The smallest absolute Gasteiger partial charge is 0.243 e. The van der Waals surface area contributed by atoms with E-state index in [-0.39, 0.29) is 4.90 Å². The Bertz CT molecular complexity index is 573. The molecule has 0 saturated carbocycles. The maximum absolute atomic E-state index is 13.6. The Kier molecular flexibility index (Phi) is 4.78. The molecule has 1 saturated heterocycles. The first kappa shape index (κ1) is 15.4. The molecule has 1 unspecified atom stereocenters. The van der Waals surface area contributed by atoms with Crippen LogP contribution in [0.4, 0.5) is 4.39 Å². The van der Waals surface area contributed by atoms with Crippen molar-refractivity contribution in [1.29, 1.82) is 0 Å². The zero-order valence-corrected chi connectivity index (χ0v) is 12.7. The second-order valence-electron chi connectivity index (χ2n) is 5.34. The fourth-order valence-electron chi connectivity index (χ4n) is 2.58. The maximum Gasteiger partial charge on any atom is 0.243 e. The number of benzene rings is 1. The lowest BCUT2D eigenvalue weighted by atomic mass is 10.00. The van der Waals surface area contributed by atoms with Gasteiger partial charge in [0, 0.05) is 13.1 Å². The van der Waals surface area contributed by atoms with Gasteiger partial charge in [0.05, 0.1) is 4.90 Å². The van der Waals surface area contributed by atoms with Crippen molar-refractivity contribution in [1.82, 2.24) is 9.62 Å².